The van der Waals surface area contributed by atoms with Crippen molar-refractivity contribution >= 4 is 33.1 Å². The first-order valence-corrected chi connectivity index (χ1v) is 10.9. The van der Waals surface area contributed by atoms with Crippen molar-refractivity contribution < 1.29 is 0 Å². The number of fused-ring (bicyclic) bond motifs is 1. The fraction of sp³-hybridized carbons (Fsp3) is 0.526. The Morgan fingerprint density at radius 1 is 1.30 bits per heavy atom. The summed E-state index contributed by atoms with van der Waals surface area (Å²) in [6, 6.07) is 2.70. The number of rotatable bonds is 5. The Kier molecular flexibility index (Phi) is 4.87. The molecule has 3 unspecified atom stereocenters. The molecule has 1 aromatic rings. The van der Waals surface area contributed by atoms with Gasteiger partial charge in [-0.2, -0.15) is 0 Å². The molecule has 144 valence electrons. The molecule has 0 spiro atoms. The van der Waals surface area contributed by atoms with Crippen LogP contribution in [0.2, 0.25) is 0 Å². The molecule has 3 aliphatic heterocycles. The van der Waals surface area contributed by atoms with Crippen LogP contribution in [0.1, 0.15) is 32.9 Å². The quantitative estimate of drug-likeness (QED) is 0.570. The summed E-state index contributed by atoms with van der Waals surface area (Å²) in [6.45, 7) is 12.9. The van der Waals surface area contributed by atoms with Crippen LogP contribution in [-0.4, -0.2) is 79.5 Å². The summed E-state index contributed by atoms with van der Waals surface area (Å²) in [5, 5.41) is 7.61. The second-order valence-electron chi connectivity index (χ2n) is 7.45. The number of aliphatic imine (C=N–C) groups is 2. The number of nitrogens with one attached hydrogen (secondary N) is 1. The minimum atomic E-state index is 0.424. The fourth-order valence-corrected chi connectivity index (χ4v) is 5.32. The van der Waals surface area contributed by atoms with E-state index in [0.717, 1.165) is 59.7 Å². The molecule has 0 bridgehead atoms. The van der Waals surface area contributed by atoms with Crippen molar-refractivity contribution in [2.45, 2.75) is 40.2 Å². The van der Waals surface area contributed by atoms with E-state index >= 15 is 0 Å². The number of hydrogen-bond acceptors (Lipinski definition) is 5. The van der Waals surface area contributed by atoms with Crippen molar-refractivity contribution in [2.24, 2.45) is 9.98 Å². The number of aromatic amines is 1. The summed E-state index contributed by atoms with van der Waals surface area (Å²) >= 11 is 1.53. The van der Waals surface area contributed by atoms with Gasteiger partial charge in [-0.05, 0) is 0 Å². The Hall–Kier alpha value is -1.69. The molecule has 0 aromatic carbocycles. The molecule has 3 aliphatic rings. The van der Waals surface area contributed by atoms with Crippen LogP contribution >= 0.6 is 0 Å². The number of quaternary nitrogens is 1. The van der Waals surface area contributed by atoms with Crippen LogP contribution in [0.25, 0.3) is 0 Å². The molecule has 1 aromatic heterocycles. The Balaban J connectivity index is 1.65. The van der Waals surface area contributed by atoms with Gasteiger partial charge in [0.05, 0.1) is 0 Å². The Morgan fingerprint density at radius 3 is 2.74 bits per heavy atom. The average Bonchev–Trinajstić information content (AvgIpc) is 3.35. The Labute approximate surface area is 169 Å². The minimum absolute atomic E-state index is 0.424. The molecule has 4 rings (SSSR count). The number of allylic oxidation sites excluding steroid dienone is 1. The molecule has 27 heavy (non-hydrogen) atoms. The zero-order chi connectivity index (χ0) is 19.2. The molecular weight excluding hydrogens is 401 g/mol. The summed E-state index contributed by atoms with van der Waals surface area (Å²) in [4.78, 5) is 14.9. The van der Waals surface area contributed by atoms with Crippen molar-refractivity contribution in [1.29, 1.82) is 0 Å². The third-order valence-electron chi connectivity index (χ3n) is 5.75. The molecule has 1 fully saturated rings. The van der Waals surface area contributed by atoms with Crippen LogP contribution < -0.4 is 4.48 Å². The van der Waals surface area contributed by atoms with Gasteiger partial charge in [-0.15, -0.1) is 0 Å². The third kappa shape index (κ3) is 3.02. The SMILES string of the molecule is CCN(CC)C1CCN(C2=CC3=NC(C)=C[N+]3(c3cc(C)[nH]n3)C([AsH2])=N2)C1. The van der Waals surface area contributed by atoms with Crippen LogP contribution in [0.3, 0.4) is 0 Å². The standard InChI is InChI=1S/C19H29AsN7/c1-5-25(6-2)15-7-8-26(11-15)16-10-17-21-14(4)12-27(17,19(20)22-16)18-9-13(3)23-24-18/h9-10,12,15H,5-8,11,20H2,1-4H3,(H,23,24)/q+1. The summed E-state index contributed by atoms with van der Waals surface area (Å²) in [6.07, 6.45) is 5.51. The molecule has 1 saturated heterocycles. The van der Waals surface area contributed by atoms with E-state index in [0.29, 0.717) is 10.5 Å². The first-order chi connectivity index (χ1) is 13.0. The van der Waals surface area contributed by atoms with Gasteiger partial charge in [0.15, 0.2) is 0 Å². The van der Waals surface area contributed by atoms with Crippen molar-refractivity contribution in [1.82, 2.24) is 24.5 Å². The van der Waals surface area contributed by atoms with Crippen molar-refractivity contribution in [3.63, 3.8) is 0 Å². The predicted octanol–water partition coefficient (Wildman–Crippen LogP) is 1.56. The van der Waals surface area contributed by atoms with E-state index in [9.17, 15) is 0 Å². The molecule has 1 N–H and O–H groups in total. The van der Waals surface area contributed by atoms with E-state index in [2.05, 4.69) is 52.2 Å². The van der Waals surface area contributed by atoms with Crippen LogP contribution in [0.15, 0.2) is 39.8 Å². The summed E-state index contributed by atoms with van der Waals surface area (Å²) in [7, 11) is 0. The molecule has 8 heteroatoms. The van der Waals surface area contributed by atoms with Crippen LogP contribution in [0.4, 0.5) is 5.82 Å². The molecule has 0 amide bonds. The third-order valence-corrected chi connectivity index (χ3v) is 6.88. The van der Waals surface area contributed by atoms with E-state index in [1.54, 1.807) is 0 Å². The number of aromatic nitrogens is 2. The first-order valence-electron chi connectivity index (χ1n) is 9.73. The van der Waals surface area contributed by atoms with Gasteiger partial charge in [0.25, 0.3) is 0 Å². The van der Waals surface area contributed by atoms with Crippen LogP contribution in [-0.2, 0) is 0 Å². The summed E-state index contributed by atoms with van der Waals surface area (Å²) in [5.41, 5.74) is 2.06. The van der Waals surface area contributed by atoms with Crippen molar-refractivity contribution in [3.8, 4) is 0 Å². The monoisotopic (exact) mass is 430 g/mol. The number of aryl methyl sites for hydroxylation is 1. The van der Waals surface area contributed by atoms with Gasteiger partial charge in [-0.25, -0.2) is 0 Å². The second kappa shape index (κ2) is 7.04. The number of nitrogens with zero attached hydrogens (tertiary/aromatic N) is 6. The van der Waals surface area contributed by atoms with E-state index in [1.165, 1.54) is 23.3 Å². The number of likely N-dealkylation sites (N-methyl/N-ethyl adjacent to an activating group) is 1. The summed E-state index contributed by atoms with van der Waals surface area (Å²) in [5.74, 6) is 2.98. The first kappa shape index (κ1) is 18.7. The Bertz CT molecular complexity index is 861. The second-order valence-corrected chi connectivity index (χ2v) is 8.54. The molecule has 0 aliphatic carbocycles. The molecule has 3 atom stereocenters. The van der Waals surface area contributed by atoms with Gasteiger partial charge >= 0.3 is 169 Å². The normalized spacial score (nSPS) is 27.5. The van der Waals surface area contributed by atoms with E-state index < -0.39 is 0 Å². The van der Waals surface area contributed by atoms with Gasteiger partial charge in [0.1, 0.15) is 0 Å². The summed E-state index contributed by atoms with van der Waals surface area (Å²) < 4.78 is 1.47. The fourth-order valence-electron chi connectivity index (χ4n) is 4.33. The Morgan fingerprint density at radius 2 is 2.07 bits per heavy atom. The topological polar surface area (TPSA) is 59.9 Å². The van der Waals surface area contributed by atoms with Gasteiger partial charge in [-0.3, -0.25) is 0 Å². The van der Waals surface area contributed by atoms with Gasteiger partial charge < -0.3 is 0 Å². The van der Waals surface area contributed by atoms with E-state index in [4.69, 9.17) is 9.98 Å². The number of amidine groups is 2. The van der Waals surface area contributed by atoms with E-state index in [1.807, 2.05) is 13.8 Å². The van der Waals surface area contributed by atoms with Crippen LogP contribution in [0, 0.1) is 6.92 Å². The molecule has 0 saturated carbocycles. The van der Waals surface area contributed by atoms with Gasteiger partial charge in [0, 0.05) is 0 Å². The molecular formula is C19H29AsN7+. The zero-order valence-corrected chi connectivity index (χ0v) is 19.0. The predicted molar refractivity (Wildman–Crippen MR) is 113 cm³/mol. The number of H-pyrrole nitrogens is 1. The van der Waals surface area contributed by atoms with E-state index in [-0.39, 0.29) is 0 Å². The van der Waals surface area contributed by atoms with Crippen LogP contribution in [0.5, 0.6) is 0 Å². The number of hydrogen-bond donors (Lipinski definition) is 1. The van der Waals surface area contributed by atoms with Gasteiger partial charge in [0.2, 0.25) is 0 Å². The maximum absolute atomic E-state index is 5.05. The van der Waals surface area contributed by atoms with Crippen molar-refractivity contribution in [2.75, 3.05) is 26.2 Å². The van der Waals surface area contributed by atoms with Gasteiger partial charge in [-0.1, -0.05) is 0 Å². The maximum atomic E-state index is 5.05. The van der Waals surface area contributed by atoms with Crippen molar-refractivity contribution in [3.05, 3.63) is 35.6 Å². The molecule has 0 radical (unpaired) electrons. The molecule has 7 nitrogen and oxygen atoms in total. The number of likely N-dealkylation sites (tertiary alicyclic amines) is 1. The average molecular weight is 430 g/mol. The zero-order valence-electron chi connectivity index (χ0n) is 16.6. The molecule has 4 heterocycles.